The molecule has 0 spiro atoms. The van der Waals surface area contributed by atoms with Gasteiger partial charge in [0, 0.05) is 7.05 Å². The van der Waals surface area contributed by atoms with Crippen LogP contribution in [0.4, 0.5) is 5.95 Å². The minimum Gasteiger partial charge on any atom is -0.359 e. The summed E-state index contributed by atoms with van der Waals surface area (Å²) >= 11 is 0. The second-order valence-electron chi connectivity index (χ2n) is 4.55. The number of aromatic amines is 1. The Balaban J connectivity index is 2.03. The highest BCUT2D eigenvalue weighted by molar-refractivity contribution is 6.58. The van der Waals surface area contributed by atoms with Crippen LogP contribution in [0.3, 0.4) is 0 Å². The van der Waals surface area contributed by atoms with Crippen molar-refractivity contribution in [1.29, 1.82) is 0 Å². The van der Waals surface area contributed by atoms with Crippen LogP contribution in [0, 0.1) is 0 Å². The monoisotopic (exact) mass is 273 g/mol. The summed E-state index contributed by atoms with van der Waals surface area (Å²) < 4.78 is 7.21. The molecule has 1 aliphatic heterocycles. The molecule has 1 aliphatic rings. The lowest BCUT2D eigenvalue weighted by atomic mass is 9.95. The fraction of sp³-hybridized carbons (Fsp3) is 0.455. The Morgan fingerprint density at radius 2 is 2.40 bits per heavy atom. The van der Waals surface area contributed by atoms with Gasteiger partial charge in [0.2, 0.25) is 5.95 Å². The smallest absolute Gasteiger partial charge is 0.280 e. The van der Waals surface area contributed by atoms with Crippen molar-refractivity contribution in [2.24, 2.45) is 0 Å². The van der Waals surface area contributed by atoms with E-state index in [0.717, 1.165) is 0 Å². The van der Waals surface area contributed by atoms with Gasteiger partial charge in [0.1, 0.15) is 18.0 Å². The van der Waals surface area contributed by atoms with Gasteiger partial charge in [-0.15, -0.1) is 0 Å². The SMILES string of the molecule is [B]C(=O)C1CCC(n2cnc3c(=O)[nH]c(NC)nc32)O1. The van der Waals surface area contributed by atoms with Crippen LogP contribution in [-0.2, 0) is 9.53 Å². The molecule has 2 unspecified atom stereocenters. The fourth-order valence-electron chi connectivity index (χ4n) is 2.29. The Hall–Kier alpha value is -2.16. The number of carbonyl (C=O) groups excluding carboxylic acids is 1. The van der Waals surface area contributed by atoms with Crippen LogP contribution in [0.5, 0.6) is 0 Å². The standard InChI is InChI=1S/C11H12BN5O3/c1-13-11-15-9-7(10(19)16-11)14-4-17(9)6-3-2-5(20-6)8(12)18/h4-6H,2-3H2,1H3,(H2,13,15,16,19). The van der Waals surface area contributed by atoms with E-state index in [0.29, 0.717) is 24.4 Å². The van der Waals surface area contributed by atoms with E-state index in [2.05, 4.69) is 20.3 Å². The number of carbonyl (C=O) groups is 1. The quantitative estimate of drug-likeness (QED) is 0.733. The zero-order chi connectivity index (χ0) is 14.3. The van der Waals surface area contributed by atoms with Crippen molar-refractivity contribution in [3.8, 4) is 0 Å². The molecule has 2 radical (unpaired) electrons. The number of rotatable bonds is 3. The lowest BCUT2D eigenvalue weighted by Crippen LogP contribution is -2.20. The molecule has 2 atom stereocenters. The molecule has 102 valence electrons. The summed E-state index contributed by atoms with van der Waals surface area (Å²) in [6.45, 7) is 0. The van der Waals surface area contributed by atoms with Crippen LogP contribution in [0.25, 0.3) is 11.2 Å². The summed E-state index contributed by atoms with van der Waals surface area (Å²) in [5, 5.41) is 2.77. The molecule has 1 saturated heterocycles. The summed E-state index contributed by atoms with van der Waals surface area (Å²) in [5.74, 6) is 0.341. The average Bonchev–Trinajstić information content (AvgIpc) is 3.04. The third-order valence-electron chi connectivity index (χ3n) is 3.29. The third kappa shape index (κ3) is 1.99. The van der Waals surface area contributed by atoms with E-state index in [4.69, 9.17) is 12.6 Å². The molecule has 8 nitrogen and oxygen atoms in total. The highest BCUT2D eigenvalue weighted by Crippen LogP contribution is 2.29. The second-order valence-corrected chi connectivity index (χ2v) is 4.55. The van der Waals surface area contributed by atoms with Crippen molar-refractivity contribution in [3.05, 3.63) is 16.7 Å². The number of aromatic nitrogens is 4. The molecule has 9 heteroatoms. The number of H-pyrrole nitrogens is 1. The second kappa shape index (κ2) is 4.75. The molecule has 0 aromatic carbocycles. The molecule has 2 aromatic heterocycles. The molecular weight excluding hydrogens is 261 g/mol. The zero-order valence-corrected chi connectivity index (χ0v) is 10.8. The number of nitrogens with zero attached hydrogens (tertiary/aromatic N) is 3. The number of imidazole rings is 1. The number of anilines is 1. The largest absolute Gasteiger partial charge is 0.359 e. The molecule has 0 bridgehead atoms. The van der Waals surface area contributed by atoms with E-state index >= 15 is 0 Å². The number of hydrogen-bond acceptors (Lipinski definition) is 6. The van der Waals surface area contributed by atoms with Gasteiger partial charge in [-0.2, -0.15) is 4.98 Å². The zero-order valence-electron chi connectivity index (χ0n) is 10.8. The first-order valence-electron chi connectivity index (χ1n) is 6.19. The van der Waals surface area contributed by atoms with Gasteiger partial charge in [0.25, 0.3) is 5.56 Å². The maximum absolute atomic E-state index is 11.8. The summed E-state index contributed by atoms with van der Waals surface area (Å²) in [6.07, 6.45) is 1.64. The van der Waals surface area contributed by atoms with Gasteiger partial charge in [0.15, 0.2) is 19.0 Å². The lowest BCUT2D eigenvalue weighted by Gasteiger charge is -2.14. The first-order chi connectivity index (χ1) is 9.60. The third-order valence-corrected chi connectivity index (χ3v) is 3.29. The van der Waals surface area contributed by atoms with Crippen molar-refractivity contribution in [2.75, 3.05) is 12.4 Å². The topological polar surface area (TPSA) is 102 Å². The lowest BCUT2D eigenvalue weighted by molar-refractivity contribution is -0.123. The van der Waals surface area contributed by atoms with Crippen LogP contribution >= 0.6 is 0 Å². The number of hydrogen-bond donors (Lipinski definition) is 2. The van der Waals surface area contributed by atoms with Gasteiger partial charge >= 0.3 is 0 Å². The van der Waals surface area contributed by atoms with Crippen molar-refractivity contribution >= 4 is 30.6 Å². The number of ether oxygens (including phenoxy) is 1. The highest BCUT2D eigenvalue weighted by atomic mass is 16.5. The summed E-state index contributed by atoms with van der Waals surface area (Å²) in [6, 6.07) is 0. The predicted molar refractivity (Wildman–Crippen MR) is 71.6 cm³/mol. The fourth-order valence-corrected chi connectivity index (χ4v) is 2.29. The van der Waals surface area contributed by atoms with Gasteiger partial charge < -0.3 is 14.8 Å². The van der Waals surface area contributed by atoms with Crippen LogP contribution in [0.15, 0.2) is 11.1 Å². The molecule has 3 heterocycles. The van der Waals surface area contributed by atoms with E-state index < -0.39 is 18.0 Å². The molecule has 3 rings (SSSR count). The van der Waals surface area contributed by atoms with Gasteiger partial charge in [-0.1, -0.05) is 0 Å². The minimum absolute atomic E-state index is 0.232. The van der Waals surface area contributed by atoms with Gasteiger partial charge in [0.05, 0.1) is 6.33 Å². The highest BCUT2D eigenvalue weighted by Gasteiger charge is 2.30. The maximum atomic E-state index is 11.8. The molecule has 20 heavy (non-hydrogen) atoms. The maximum Gasteiger partial charge on any atom is 0.280 e. The average molecular weight is 273 g/mol. The van der Waals surface area contributed by atoms with Crippen molar-refractivity contribution in [3.63, 3.8) is 0 Å². The Bertz CT molecular complexity index is 724. The minimum atomic E-state index is -0.608. The van der Waals surface area contributed by atoms with Crippen molar-refractivity contribution < 1.29 is 9.53 Å². The van der Waals surface area contributed by atoms with Gasteiger partial charge in [-0.3, -0.25) is 14.3 Å². The predicted octanol–water partition coefficient (Wildman–Crippen LogP) is -0.466. The van der Waals surface area contributed by atoms with Crippen LogP contribution < -0.4 is 10.9 Å². The van der Waals surface area contributed by atoms with Crippen molar-refractivity contribution in [1.82, 2.24) is 19.5 Å². The van der Waals surface area contributed by atoms with Crippen LogP contribution in [0.2, 0.25) is 0 Å². The Morgan fingerprint density at radius 3 is 3.05 bits per heavy atom. The van der Waals surface area contributed by atoms with E-state index in [9.17, 15) is 9.59 Å². The van der Waals surface area contributed by atoms with Crippen molar-refractivity contribution in [2.45, 2.75) is 25.2 Å². The van der Waals surface area contributed by atoms with E-state index in [-0.39, 0.29) is 11.1 Å². The Morgan fingerprint density at radius 1 is 1.60 bits per heavy atom. The normalized spacial score (nSPS) is 22.2. The first-order valence-corrected chi connectivity index (χ1v) is 6.19. The molecule has 0 aliphatic carbocycles. The Labute approximate surface area is 115 Å². The van der Waals surface area contributed by atoms with E-state index in [1.54, 1.807) is 11.6 Å². The van der Waals surface area contributed by atoms with E-state index in [1.165, 1.54) is 6.33 Å². The van der Waals surface area contributed by atoms with Crippen LogP contribution in [-0.4, -0.2) is 46.2 Å². The molecular formula is C11H12BN5O3. The molecule has 2 N–H and O–H groups in total. The molecule has 2 aromatic rings. The number of nitrogens with one attached hydrogen (secondary N) is 2. The number of fused-ring (bicyclic) bond motifs is 1. The summed E-state index contributed by atoms with van der Waals surface area (Å²) in [4.78, 5) is 33.8. The molecule has 0 saturated carbocycles. The van der Waals surface area contributed by atoms with Crippen LogP contribution in [0.1, 0.15) is 19.1 Å². The molecule has 1 fully saturated rings. The van der Waals surface area contributed by atoms with E-state index in [1.807, 2.05) is 0 Å². The molecule has 0 amide bonds. The summed E-state index contributed by atoms with van der Waals surface area (Å²) in [5.41, 5.74) is -0.176. The van der Waals surface area contributed by atoms with Gasteiger partial charge in [-0.05, 0) is 12.8 Å². The summed E-state index contributed by atoms with van der Waals surface area (Å²) in [7, 11) is 6.88. The van der Waals surface area contributed by atoms with Gasteiger partial charge in [-0.25, -0.2) is 4.98 Å². The first kappa shape index (κ1) is 12.9. The Kier molecular flexibility index (Phi) is 3.05.